The smallest absolute Gasteiger partial charge is 0.343 e. The monoisotopic (exact) mass is 363 g/mol. The van der Waals surface area contributed by atoms with E-state index in [-0.39, 0.29) is 22.5 Å². The number of pyridine rings is 1. The number of carbonyl (C=O) groups excluding carboxylic acids is 2. The summed E-state index contributed by atoms with van der Waals surface area (Å²) in [4.78, 5) is 36.0. The molecule has 0 atom stereocenters. The topological polar surface area (TPSA) is 108 Å². The van der Waals surface area contributed by atoms with Gasteiger partial charge in [-0.1, -0.05) is 0 Å². The van der Waals surface area contributed by atoms with Crippen LogP contribution in [0.4, 0.5) is 0 Å². The first kappa shape index (κ1) is 16.6. The molecule has 0 aliphatic heterocycles. The van der Waals surface area contributed by atoms with Crippen LogP contribution in [0, 0.1) is 0 Å². The van der Waals surface area contributed by atoms with E-state index in [0.29, 0.717) is 16.8 Å². The Balaban J connectivity index is 1.90. The average Bonchev–Trinajstić information content (AvgIpc) is 3.12. The maximum atomic E-state index is 12.8. The molecule has 0 radical (unpaired) electrons. The zero-order valence-electron chi connectivity index (χ0n) is 14.4. The number of ether oxygens (including phenoxy) is 1. The number of ketones is 1. The maximum absolute atomic E-state index is 12.8. The molecule has 4 rings (SSSR count). The Bertz CT molecular complexity index is 1270. The second-order valence-electron chi connectivity index (χ2n) is 5.81. The minimum atomic E-state index is -0.586. The molecule has 0 aliphatic rings. The van der Waals surface area contributed by atoms with Gasteiger partial charge in [0.1, 0.15) is 11.1 Å². The van der Waals surface area contributed by atoms with Gasteiger partial charge in [0.15, 0.2) is 16.9 Å². The number of carbonyl (C=O) groups is 2. The molecule has 0 amide bonds. The van der Waals surface area contributed by atoms with Crippen molar-refractivity contribution >= 4 is 28.4 Å². The Morgan fingerprint density at radius 1 is 1.07 bits per heavy atom. The average molecular weight is 363 g/mol. The summed E-state index contributed by atoms with van der Waals surface area (Å²) in [5, 5.41) is 12.1. The largest absolute Gasteiger partial charge is 0.465 e. The third-order valence-corrected chi connectivity index (χ3v) is 4.22. The fourth-order valence-corrected chi connectivity index (χ4v) is 2.81. The minimum absolute atomic E-state index is 0.0549. The Morgan fingerprint density at radius 3 is 2.48 bits per heavy atom. The van der Waals surface area contributed by atoms with Crippen molar-refractivity contribution in [3.63, 3.8) is 0 Å². The molecule has 0 bridgehead atoms. The summed E-state index contributed by atoms with van der Waals surface area (Å²) in [6, 6.07) is 8.32. The molecule has 3 aromatic heterocycles. The van der Waals surface area contributed by atoms with E-state index in [2.05, 4.69) is 15.3 Å². The third kappa shape index (κ3) is 2.56. The summed E-state index contributed by atoms with van der Waals surface area (Å²) < 4.78 is 7.47. The number of hydrogen-bond acceptors (Lipinski definition) is 7. The fraction of sp³-hybridized carbons (Fsp3) is 0.111. The van der Waals surface area contributed by atoms with Crippen LogP contribution in [0.5, 0.6) is 0 Å². The maximum Gasteiger partial charge on any atom is 0.343 e. The number of fused-ring (bicyclic) bond motifs is 3. The van der Waals surface area contributed by atoms with Crippen LogP contribution >= 0.6 is 0 Å². The van der Waals surface area contributed by atoms with E-state index in [9.17, 15) is 14.4 Å². The Hall–Kier alpha value is -3.88. The van der Waals surface area contributed by atoms with Gasteiger partial charge in [-0.2, -0.15) is 5.10 Å². The van der Waals surface area contributed by atoms with E-state index in [0.717, 1.165) is 0 Å². The minimum Gasteiger partial charge on any atom is -0.465 e. The van der Waals surface area contributed by atoms with Crippen molar-refractivity contribution in [2.24, 2.45) is 0 Å². The molecule has 4 aromatic rings. The van der Waals surface area contributed by atoms with Gasteiger partial charge in [-0.25, -0.2) is 9.31 Å². The van der Waals surface area contributed by atoms with Crippen LogP contribution in [0.2, 0.25) is 0 Å². The fourth-order valence-electron chi connectivity index (χ4n) is 2.81. The first-order valence-corrected chi connectivity index (χ1v) is 7.96. The zero-order chi connectivity index (χ0) is 19.1. The van der Waals surface area contributed by atoms with Crippen molar-refractivity contribution in [3.05, 3.63) is 64.2 Å². The van der Waals surface area contributed by atoms with Crippen molar-refractivity contribution in [3.8, 4) is 5.69 Å². The van der Waals surface area contributed by atoms with Crippen LogP contribution in [0.15, 0.2) is 47.5 Å². The highest BCUT2D eigenvalue weighted by atomic mass is 16.5. The summed E-state index contributed by atoms with van der Waals surface area (Å²) in [6.45, 7) is 1.48. The summed E-state index contributed by atoms with van der Waals surface area (Å²) in [6.07, 6.45) is 2.90. The molecule has 9 heteroatoms. The number of nitrogens with zero attached hydrogens (tertiary/aromatic N) is 5. The molecule has 0 aliphatic carbocycles. The molecule has 0 saturated carbocycles. The lowest BCUT2D eigenvalue weighted by molar-refractivity contribution is 0.0602. The quantitative estimate of drug-likeness (QED) is 0.400. The summed E-state index contributed by atoms with van der Waals surface area (Å²) in [7, 11) is 1.26. The second kappa shape index (κ2) is 6.13. The number of methoxy groups -OCH3 is 1. The van der Waals surface area contributed by atoms with Crippen LogP contribution < -0.4 is 5.56 Å². The van der Waals surface area contributed by atoms with E-state index in [4.69, 9.17) is 4.74 Å². The van der Waals surface area contributed by atoms with Gasteiger partial charge in [-0.05, 0) is 37.3 Å². The molecule has 0 unspecified atom stereocenters. The first-order valence-electron chi connectivity index (χ1n) is 7.96. The molecule has 27 heavy (non-hydrogen) atoms. The SMILES string of the molecule is COC(=O)c1cnn2c1nnc1c(=O)n(-c3ccc(C(C)=O)cc3)ccc12. The van der Waals surface area contributed by atoms with Gasteiger partial charge in [-0.3, -0.25) is 14.2 Å². The van der Waals surface area contributed by atoms with E-state index < -0.39 is 11.5 Å². The van der Waals surface area contributed by atoms with Gasteiger partial charge < -0.3 is 4.74 Å². The van der Waals surface area contributed by atoms with Crippen molar-refractivity contribution in [2.45, 2.75) is 6.92 Å². The Morgan fingerprint density at radius 2 is 1.81 bits per heavy atom. The van der Waals surface area contributed by atoms with Gasteiger partial charge in [-0.15, -0.1) is 10.2 Å². The summed E-state index contributed by atoms with van der Waals surface area (Å²) in [5.41, 5.74) is 1.63. The molecule has 0 spiro atoms. The van der Waals surface area contributed by atoms with Crippen LogP contribution in [0.3, 0.4) is 0 Å². The molecule has 0 fully saturated rings. The van der Waals surface area contributed by atoms with Crippen molar-refractivity contribution in [1.82, 2.24) is 24.4 Å². The van der Waals surface area contributed by atoms with E-state index in [1.165, 1.54) is 29.3 Å². The van der Waals surface area contributed by atoms with Crippen molar-refractivity contribution < 1.29 is 14.3 Å². The number of aromatic nitrogens is 5. The molecular weight excluding hydrogens is 350 g/mol. The van der Waals surface area contributed by atoms with Gasteiger partial charge in [0.05, 0.1) is 13.3 Å². The van der Waals surface area contributed by atoms with Gasteiger partial charge in [0, 0.05) is 17.4 Å². The lowest BCUT2D eigenvalue weighted by Crippen LogP contribution is -2.20. The molecule has 134 valence electrons. The highest BCUT2D eigenvalue weighted by Gasteiger charge is 2.18. The highest BCUT2D eigenvalue weighted by Crippen LogP contribution is 2.15. The van der Waals surface area contributed by atoms with Crippen LogP contribution in [0.1, 0.15) is 27.6 Å². The zero-order valence-corrected chi connectivity index (χ0v) is 14.4. The third-order valence-electron chi connectivity index (χ3n) is 4.22. The Kier molecular flexibility index (Phi) is 3.76. The van der Waals surface area contributed by atoms with Crippen LogP contribution in [-0.2, 0) is 4.74 Å². The number of esters is 1. The molecular formula is C18H13N5O4. The van der Waals surface area contributed by atoms with Crippen LogP contribution in [-0.4, -0.2) is 43.2 Å². The first-order chi connectivity index (χ1) is 13.0. The van der Waals surface area contributed by atoms with Gasteiger partial charge >= 0.3 is 5.97 Å². The normalized spacial score (nSPS) is 11.0. The lowest BCUT2D eigenvalue weighted by Gasteiger charge is -2.08. The number of rotatable bonds is 3. The van der Waals surface area contributed by atoms with E-state index >= 15 is 0 Å². The van der Waals surface area contributed by atoms with Gasteiger partial charge in [0.25, 0.3) is 5.56 Å². The predicted molar refractivity (Wildman–Crippen MR) is 95.2 cm³/mol. The number of Topliss-reactive ketones (excluding diaryl/α,β-unsaturated/α-hetero) is 1. The Labute approximate surface area is 151 Å². The number of benzene rings is 1. The highest BCUT2D eigenvalue weighted by molar-refractivity contribution is 5.96. The predicted octanol–water partition coefficient (Wildman–Crippen LogP) is 1.42. The summed E-state index contributed by atoms with van der Waals surface area (Å²) in [5.74, 6) is -0.640. The number of hydrogen-bond donors (Lipinski definition) is 0. The van der Waals surface area contributed by atoms with Gasteiger partial charge in [0.2, 0.25) is 0 Å². The second-order valence-corrected chi connectivity index (χ2v) is 5.81. The van der Waals surface area contributed by atoms with Crippen molar-refractivity contribution in [2.75, 3.05) is 7.11 Å². The molecule has 9 nitrogen and oxygen atoms in total. The molecule has 3 heterocycles. The van der Waals surface area contributed by atoms with Crippen LogP contribution in [0.25, 0.3) is 22.4 Å². The summed E-state index contributed by atoms with van der Waals surface area (Å²) >= 11 is 0. The molecule has 0 saturated heterocycles. The standard InChI is InChI=1S/C18H13N5O4/c1-10(24)11-3-5-12(6-4-11)22-8-7-14-15(17(22)25)20-21-16-13(18(26)27-2)9-19-23(14)16/h3-9H,1-2H3. The van der Waals surface area contributed by atoms with E-state index in [1.807, 2.05) is 0 Å². The molecule has 1 aromatic carbocycles. The van der Waals surface area contributed by atoms with Crippen molar-refractivity contribution in [1.29, 1.82) is 0 Å². The molecule has 0 N–H and O–H groups in total. The lowest BCUT2D eigenvalue weighted by atomic mass is 10.1. The van der Waals surface area contributed by atoms with E-state index in [1.54, 1.807) is 36.5 Å².